The van der Waals surface area contributed by atoms with Crippen molar-refractivity contribution in [3.05, 3.63) is 83.4 Å². The predicted molar refractivity (Wildman–Crippen MR) is 106 cm³/mol. The maximum Gasteiger partial charge on any atom is 0.345 e. The first-order valence-corrected chi connectivity index (χ1v) is 8.82. The number of carboxylic acid groups (broad SMARTS) is 1. The van der Waals surface area contributed by atoms with E-state index in [0.29, 0.717) is 22.1 Å². The average molecular weight is 383 g/mol. The van der Waals surface area contributed by atoms with E-state index in [1.807, 2.05) is 42.5 Å². The van der Waals surface area contributed by atoms with E-state index in [9.17, 15) is 9.90 Å². The minimum Gasteiger partial charge on any atom is -0.496 e. The Hall–Kier alpha value is -2.98. The molecule has 0 aromatic heterocycles. The smallest absolute Gasteiger partial charge is 0.345 e. The van der Waals surface area contributed by atoms with Crippen LogP contribution in [-0.4, -0.2) is 24.3 Å². The molecule has 0 radical (unpaired) electrons. The van der Waals surface area contributed by atoms with Crippen LogP contribution in [0.1, 0.15) is 5.56 Å². The van der Waals surface area contributed by atoms with Crippen LogP contribution in [0.5, 0.6) is 11.5 Å². The molecule has 4 nitrogen and oxygen atoms in total. The zero-order chi connectivity index (χ0) is 19.2. The summed E-state index contributed by atoms with van der Waals surface area (Å²) in [5.41, 5.74) is 2.80. The Morgan fingerprint density at radius 3 is 2.30 bits per heavy atom. The van der Waals surface area contributed by atoms with Crippen molar-refractivity contribution in [1.82, 2.24) is 0 Å². The molecule has 0 aliphatic carbocycles. The van der Waals surface area contributed by atoms with Crippen molar-refractivity contribution in [3.8, 4) is 22.6 Å². The van der Waals surface area contributed by atoms with Crippen LogP contribution < -0.4 is 9.47 Å². The predicted octanol–water partition coefficient (Wildman–Crippen LogP) is 5.09. The van der Waals surface area contributed by atoms with Gasteiger partial charge in [0.2, 0.25) is 0 Å². The normalized spacial score (nSPS) is 11.6. The largest absolute Gasteiger partial charge is 0.496 e. The lowest BCUT2D eigenvalue weighted by molar-refractivity contribution is -0.145. The summed E-state index contributed by atoms with van der Waals surface area (Å²) < 4.78 is 11.0. The van der Waals surface area contributed by atoms with Crippen molar-refractivity contribution < 1.29 is 19.4 Å². The van der Waals surface area contributed by atoms with Crippen LogP contribution in [0.4, 0.5) is 0 Å². The molecule has 1 unspecified atom stereocenters. The quantitative estimate of drug-likeness (QED) is 0.618. The van der Waals surface area contributed by atoms with E-state index in [1.54, 1.807) is 30.3 Å². The number of methoxy groups -OCH3 is 1. The van der Waals surface area contributed by atoms with E-state index >= 15 is 0 Å². The third-order valence-electron chi connectivity index (χ3n) is 4.16. The fourth-order valence-corrected chi connectivity index (χ4v) is 3.00. The number of benzene rings is 3. The van der Waals surface area contributed by atoms with Gasteiger partial charge in [0, 0.05) is 11.4 Å². The van der Waals surface area contributed by atoms with Crippen molar-refractivity contribution in [1.29, 1.82) is 0 Å². The molecule has 0 spiro atoms. The first kappa shape index (κ1) is 18.8. The van der Waals surface area contributed by atoms with Crippen molar-refractivity contribution in [3.63, 3.8) is 0 Å². The summed E-state index contributed by atoms with van der Waals surface area (Å²) in [5, 5.41) is 10.1. The lowest BCUT2D eigenvalue weighted by atomic mass is 10.1. The molecule has 0 saturated carbocycles. The molecule has 1 atom stereocenters. The number of halogens is 1. The molecule has 3 aromatic rings. The molecule has 3 aromatic carbocycles. The molecule has 0 aliphatic heterocycles. The fraction of sp³-hybridized carbons (Fsp3) is 0.136. The van der Waals surface area contributed by atoms with E-state index < -0.39 is 12.1 Å². The van der Waals surface area contributed by atoms with Gasteiger partial charge in [0.15, 0.2) is 6.10 Å². The van der Waals surface area contributed by atoms with Gasteiger partial charge in [0.25, 0.3) is 0 Å². The number of carboxylic acids is 1. The highest BCUT2D eigenvalue weighted by Gasteiger charge is 2.22. The Labute approximate surface area is 162 Å². The molecule has 0 fully saturated rings. The van der Waals surface area contributed by atoms with Gasteiger partial charge < -0.3 is 14.6 Å². The van der Waals surface area contributed by atoms with Crippen LogP contribution >= 0.6 is 11.6 Å². The number of carbonyl (C=O) groups is 1. The van der Waals surface area contributed by atoms with E-state index in [1.165, 1.54) is 7.11 Å². The Morgan fingerprint density at radius 1 is 1.00 bits per heavy atom. The SMILES string of the molecule is COc1ccc(Cl)cc1CC(Oc1ccc(-c2ccccc2)cc1)C(=O)O. The Morgan fingerprint density at radius 2 is 1.67 bits per heavy atom. The van der Waals surface area contributed by atoms with Crippen molar-refractivity contribution >= 4 is 17.6 Å². The second-order valence-corrected chi connectivity index (χ2v) is 6.43. The number of hydrogen-bond donors (Lipinski definition) is 1. The summed E-state index contributed by atoms with van der Waals surface area (Å²) in [6.07, 6.45) is -0.917. The van der Waals surface area contributed by atoms with Gasteiger partial charge in [-0.3, -0.25) is 0 Å². The lowest BCUT2D eigenvalue weighted by Crippen LogP contribution is -2.29. The molecule has 0 bridgehead atoms. The number of aliphatic carboxylic acids is 1. The Bertz CT molecular complexity index is 907. The van der Waals surface area contributed by atoms with Crippen LogP contribution in [0.15, 0.2) is 72.8 Å². The highest BCUT2D eigenvalue weighted by atomic mass is 35.5. The molecule has 0 amide bonds. The van der Waals surface area contributed by atoms with Crippen molar-refractivity contribution in [2.45, 2.75) is 12.5 Å². The molecule has 138 valence electrons. The van der Waals surface area contributed by atoms with E-state index in [2.05, 4.69) is 0 Å². The van der Waals surface area contributed by atoms with E-state index in [-0.39, 0.29) is 6.42 Å². The van der Waals surface area contributed by atoms with Gasteiger partial charge in [-0.25, -0.2) is 4.79 Å². The van der Waals surface area contributed by atoms with Crippen molar-refractivity contribution in [2.75, 3.05) is 7.11 Å². The minimum absolute atomic E-state index is 0.138. The molecule has 0 aliphatic rings. The van der Waals surface area contributed by atoms with Gasteiger partial charge in [-0.2, -0.15) is 0 Å². The zero-order valence-electron chi connectivity index (χ0n) is 14.8. The molecular weight excluding hydrogens is 364 g/mol. The number of rotatable bonds is 7. The molecule has 3 rings (SSSR count). The van der Waals surface area contributed by atoms with Gasteiger partial charge in [-0.05, 0) is 47.0 Å². The van der Waals surface area contributed by atoms with Crippen molar-refractivity contribution in [2.24, 2.45) is 0 Å². The van der Waals surface area contributed by atoms with Crippen LogP contribution in [0.2, 0.25) is 5.02 Å². The van der Waals surface area contributed by atoms with Crippen LogP contribution in [-0.2, 0) is 11.2 Å². The average Bonchev–Trinajstić information content (AvgIpc) is 2.69. The summed E-state index contributed by atoms with van der Waals surface area (Å²) in [6.45, 7) is 0. The van der Waals surface area contributed by atoms with Gasteiger partial charge in [0.05, 0.1) is 7.11 Å². The third kappa shape index (κ3) is 4.80. The van der Waals surface area contributed by atoms with Gasteiger partial charge in [-0.1, -0.05) is 54.1 Å². The Kier molecular flexibility index (Phi) is 5.99. The second kappa shape index (κ2) is 8.60. The zero-order valence-corrected chi connectivity index (χ0v) is 15.5. The molecule has 27 heavy (non-hydrogen) atoms. The molecular formula is C22H19ClO4. The summed E-state index contributed by atoms with van der Waals surface area (Å²) in [4.78, 5) is 11.7. The second-order valence-electron chi connectivity index (χ2n) is 6.00. The number of ether oxygens (including phenoxy) is 2. The monoisotopic (exact) mass is 382 g/mol. The fourth-order valence-electron chi connectivity index (χ4n) is 2.81. The standard InChI is InChI=1S/C22H19ClO4/c1-26-20-12-9-18(23)13-17(20)14-21(22(24)25)27-19-10-7-16(8-11-19)15-5-3-2-4-6-15/h2-13,21H,14H2,1H3,(H,24,25). The third-order valence-corrected chi connectivity index (χ3v) is 4.40. The van der Waals surface area contributed by atoms with E-state index in [4.69, 9.17) is 21.1 Å². The van der Waals surface area contributed by atoms with E-state index in [0.717, 1.165) is 11.1 Å². The molecule has 1 N–H and O–H groups in total. The van der Waals surface area contributed by atoms with Gasteiger partial charge >= 0.3 is 5.97 Å². The minimum atomic E-state index is -1.06. The topological polar surface area (TPSA) is 55.8 Å². The molecule has 0 saturated heterocycles. The maximum atomic E-state index is 11.7. The van der Waals surface area contributed by atoms with Crippen LogP contribution in [0.3, 0.4) is 0 Å². The van der Waals surface area contributed by atoms with Crippen LogP contribution in [0.25, 0.3) is 11.1 Å². The maximum absolute atomic E-state index is 11.7. The summed E-state index contributed by atoms with van der Waals surface area (Å²) >= 11 is 6.03. The van der Waals surface area contributed by atoms with Gasteiger partial charge in [-0.15, -0.1) is 0 Å². The molecule has 5 heteroatoms. The Balaban J connectivity index is 1.77. The first-order valence-electron chi connectivity index (χ1n) is 8.44. The van der Waals surface area contributed by atoms with Crippen LogP contribution in [0, 0.1) is 0 Å². The highest BCUT2D eigenvalue weighted by Crippen LogP contribution is 2.26. The van der Waals surface area contributed by atoms with Gasteiger partial charge in [0.1, 0.15) is 11.5 Å². The summed E-state index contributed by atoms with van der Waals surface area (Å²) in [5.74, 6) is 0.0147. The lowest BCUT2D eigenvalue weighted by Gasteiger charge is -2.17. The first-order chi connectivity index (χ1) is 13.1. The number of hydrogen-bond acceptors (Lipinski definition) is 3. The molecule has 0 heterocycles. The summed E-state index contributed by atoms with van der Waals surface area (Å²) in [6, 6.07) is 22.4. The summed E-state index contributed by atoms with van der Waals surface area (Å²) in [7, 11) is 1.53. The highest BCUT2D eigenvalue weighted by molar-refractivity contribution is 6.30.